The molecule has 118 valence electrons. The smallest absolute Gasteiger partial charge is 0.303 e. The normalized spacial score (nSPS) is 34.7. The molecule has 0 aromatic heterocycles. The highest BCUT2D eigenvalue weighted by atomic mass is 33.1. The van der Waals surface area contributed by atoms with Crippen LogP contribution in [0.5, 0.6) is 0 Å². The Morgan fingerprint density at radius 1 is 0.905 bits per heavy atom. The molecule has 0 saturated carbocycles. The van der Waals surface area contributed by atoms with Gasteiger partial charge in [0, 0.05) is 26.5 Å². The molecule has 2 heterocycles. The van der Waals surface area contributed by atoms with Crippen LogP contribution in [0, 0.1) is 0 Å². The van der Waals surface area contributed by atoms with Gasteiger partial charge in [-0.3, -0.25) is 14.4 Å². The van der Waals surface area contributed by atoms with Crippen molar-refractivity contribution in [2.45, 2.75) is 50.6 Å². The first kappa shape index (κ1) is 16.4. The van der Waals surface area contributed by atoms with E-state index in [1.807, 2.05) is 0 Å². The van der Waals surface area contributed by atoms with Crippen LogP contribution in [0.4, 0.5) is 0 Å². The van der Waals surface area contributed by atoms with Crippen molar-refractivity contribution in [1.82, 2.24) is 0 Å². The maximum absolute atomic E-state index is 11.3. The zero-order valence-corrected chi connectivity index (χ0v) is 13.4. The Morgan fingerprint density at radius 2 is 1.43 bits per heavy atom. The average molecular weight is 336 g/mol. The molecule has 0 aliphatic carbocycles. The lowest BCUT2D eigenvalue weighted by molar-refractivity contribution is -0.228. The first-order valence-electron chi connectivity index (χ1n) is 6.34. The maximum atomic E-state index is 11.3. The Hall–Kier alpha value is -0.930. The summed E-state index contributed by atoms with van der Waals surface area (Å²) in [5.41, 5.74) is -0.464. The van der Waals surface area contributed by atoms with Crippen LogP contribution in [0.25, 0.3) is 0 Å². The molecule has 2 aliphatic rings. The third-order valence-electron chi connectivity index (χ3n) is 2.89. The number of hydrogen-bond acceptors (Lipinski definition) is 9. The van der Waals surface area contributed by atoms with Gasteiger partial charge in [0.15, 0.2) is 23.7 Å². The summed E-state index contributed by atoms with van der Waals surface area (Å²) in [6.45, 7) is 3.78. The second-order valence-corrected chi connectivity index (χ2v) is 7.16. The lowest BCUT2D eigenvalue weighted by atomic mass is 10.00. The zero-order valence-electron chi connectivity index (χ0n) is 11.8. The summed E-state index contributed by atoms with van der Waals surface area (Å²) in [4.78, 5) is 33.9. The summed E-state index contributed by atoms with van der Waals surface area (Å²) in [5, 5.41) is 0. The number of ether oxygens (including phenoxy) is 4. The highest BCUT2D eigenvalue weighted by Crippen LogP contribution is 2.44. The van der Waals surface area contributed by atoms with E-state index in [1.165, 1.54) is 42.4 Å². The highest BCUT2D eigenvalue weighted by molar-refractivity contribution is 8.77. The van der Waals surface area contributed by atoms with Gasteiger partial charge in [0.05, 0.1) is 0 Å². The summed E-state index contributed by atoms with van der Waals surface area (Å²) in [6, 6.07) is 0. The van der Waals surface area contributed by atoms with Crippen LogP contribution in [0.1, 0.15) is 20.8 Å². The molecule has 2 aliphatic heterocycles. The Labute approximate surface area is 129 Å². The van der Waals surface area contributed by atoms with E-state index >= 15 is 0 Å². The molecule has 2 fully saturated rings. The molecule has 2 rings (SSSR count). The zero-order chi connectivity index (χ0) is 15.6. The Kier molecular flexibility index (Phi) is 5.39. The van der Waals surface area contributed by atoms with E-state index in [-0.39, 0.29) is 0 Å². The van der Waals surface area contributed by atoms with Gasteiger partial charge >= 0.3 is 17.9 Å². The quantitative estimate of drug-likeness (QED) is 0.424. The standard InChI is InChI=1S/C12H16O7S2/c1-5(13)16-9-8-4-20-21-12(19-8)11(18-7(3)15)10(9)17-6(2)14/h8-12H,4H2,1-3H3/t8-,9+,10+,11+,12+/m1/s1. The van der Waals surface area contributed by atoms with Crippen molar-refractivity contribution >= 4 is 39.5 Å². The van der Waals surface area contributed by atoms with Gasteiger partial charge in [-0.2, -0.15) is 0 Å². The Bertz CT molecular complexity index is 411. The van der Waals surface area contributed by atoms with Crippen LogP contribution in [0.15, 0.2) is 0 Å². The van der Waals surface area contributed by atoms with Gasteiger partial charge in [-0.25, -0.2) is 0 Å². The van der Waals surface area contributed by atoms with Gasteiger partial charge < -0.3 is 18.9 Å². The lowest BCUT2D eigenvalue weighted by Crippen LogP contribution is -2.62. The summed E-state index contributed by atoms with van der Waals surface area (Å²) in [5.74, 6) is -0.975. The molecule has 7 nitrogen and oxygen atoms in total. The van der Waals surface area contributed by atoms with E-state index in [9.17, 15) is 14.4 Å². The molecule has 9 heteroatoms. The van der Waals surface area contributed by atoms with Crippen molar-refractivity contribution in [2.24, 2.45) is 0 Å². The molecule has 0 amide bonds. The summed E-state index contributed by atoms with van der Waals surface area (Å²) in [7, 11) is 2.94. The van der Waals surface area contributed by atoms with E-state index < -0.39 is 47.8 Å². The Morgan fingerprint density at radius 3 is 2.00 bits per heavy atom. The predicted octanol–water partition coefficient (Wildman–Crippen LogP) is 0.901. The molecule has 2 saturated heterocycles. The molecule has 5 atom stereocenters. The molecule has 0 radical (unpaired) electrons. The second kappa shape index (κ2) is 6.89. The van der Waals surface area contributed by atoms with Crippen molar-refractivity contribution in [3.8, 4) is 0 Å². The van der Waals surface area contributed by atoms with Crippen LogP contribution in [-0.4, -0.2) is 53.5 Å². The van der Waals surface area contributed by atoms with E-state index in [1.54, 1.807) is 0 Å². The van der Waals surface area contributed by atoms with Crippen LogP contribution in [0.2, 0.25) is 0 Å². The van der Waals surface area contributed by atoms with Gasteiger partial charge in [-0.15, -0.1) is 0 Å². The minimum atomic E-state index is -0.868. The predicted molar refractivity (Wildman–Crippen MR) is 75.4 cm³/mol. The molecule has 0 unspecified atom stereocenters. The van der Waals surface area contributed by atoms with Gasteiger partial charge in [0.25, 0.3) is 0 Å². The number of hydrogen-bond donors (Lipinski definition) is 0. The summed E-state index contributed by atoms with van der Waals surface area (Å²) in [6.07, 6.45) is -2.88. The van der Waals surface area contributed by atoms with Crippen molar-refractivity contribution in [3.63, 3.8) is 0 Å². The number of rotatable bonds is 3. The SMILES string of the molecule is CC(=O)O[C@H]1[C@@H](OC(C)=O)[C@H]2CSS[C@H](O2)[C@H]1OC(C)=O. The van der Waals surface area contributed by atoms with Crippen LogP contribution in [-0.2, 0) is 33.3 Å². The topological polar surface area (TPSA) is 88.1 Å². The molecular formula is C12H16O7S2. The second-order valence-electron chi connectivity index (χ2n) is 4.65. The average Bonchev–Trinajstić information content (AvgIpc) is 2.38. The van der Waals surface area contributed by atoms with Crippen molar-refractivity contribution in [2.75, 3.05) is 5.75 Å². The highest BCUT2D eigenvalue weighted by Gasteiger charge is 2.53. The number of esters is 3. The maximum Gasteiger partial charge on any atom is 0.303 e. The third kappa shape index (κ3) is 4.04. The number of fused-ring (bicyclic) bond motifs is 2. The van der Waals surface area contributed by atoms with Crippen molar-refractivity contribution in [1.29, 1.82) is 0 Å². The molecule has 0 aromatic rings. The first-order chi connectivity index (χ1) is 9.88. The van der Waals surface area contributed by atoms with Crippen LogP contribution < -0.4 is 0 Å². The van der Waals surface area contributed by atoms with Gasteiger partial charge in [0.2, 0.25) is 0 Å². The minimum Gasteiger partial charge on any atom is -0.456 e. The van der Waals surface area contributed by atoms with Crippen LogP contribution >= 0.6 is 21.6 Å². The fraction of sp³-hybridized carbons (Fsp3) is 0.750. The monoisotopic (exact) mass is 336 g/mol. The fourth-order valence-corrected chi connectivity index (χ4v) is 4.87. The molecule has 2 bridgehead atoms. The van der Waals surface area contributed by atoms with E-state index in [4.69, 9.17) is 18.9 Å². The summed E-state index contributed by atoms with van der Waals surface area (Å²) >= 11 is 0. The van der Waals surface area contributed by atoms with Crippen molar-refractivity contribution in [3.05, 3.63) is 0 Å². The molecule has 0 aromatic carbocycles. The van der Waals surface area contributed by atoms with Gasteiger partial charge in [-0.1, -0.05) is 21.6 Å². The molecular weight excluding hydrogens is 320 g/mol. The van der Waals surface area contributed by atoms with Crippen LogP contribution in [0.3, 0.4) is 0 Å². The fourth-order valence-electron chi connectivity index (χ4n) is 2.24. The molecule has 0 N–H and O–H groups in total. The minimum absolute atomic E-state index is 0.402. The number of carbonyl (C=O) groups excluding carboxylic acids is 3. The van der Waals surface area contributed by atoms with E-state index in [0.717, 1.165) is 0 Å². The summed E-state index contributed by atoms with van der Waals surface area (Å²) < 4.78 is 21.5. The van der Waals surface area contributed by atoms with Gasteiger partial charge in [-0.05, 0) is 0 Å². The van der Waals surface area contributed by atoms with Crippen molar-refractivity contribution < 1.29 is 33.3 Å². The largest absolute Gasteiger partial charge is 0.456 e. The molecule has 21 heavy (non-hydrogen) atoms. The lowest BCUT2D eigenvalue weighted by Gasteiger charge is -2.46. The van der Waals surface area contributed by atoms with Gasteiger partial charge in [0.1, 0.15) is 6.10 Å². The third-order valence-corrected chi connectivity index (χ3v) is 5.45. The molecule has 0 spiro atoms. The van der Waals surface area contributed by atoms with E-state index in [2.05, 4.69) is 0 Å². The van der Waals surface area contributed by atoms with E-state index in [0.29, 0.717) is 5.75 Å². The Balaban J connectivity index is 2.27. The first-order valence-corrected chi connectivity index (χ1v) is 8.72. The number of carbonyl (C=O) groups is 3.